The van der Waals surface area contributed by atoms with Crippen molar-refractivity contribution in [3.05, 3.63) is 35.6 Å². The lowest BCUT2D eigenvalue weighted by Crippen LogP contribution is -2.37. The van der Waals surface area contributed by atoms with Crippen LogP contribution in [0.1, 0.15) is 31.2 Å². The number of hydrogen-bond donors (Lipinski definition) is 0. The molecular formula is C15H20FNO2. The molecule has 3 nitrogen and oxygen atoms in total. The van der Waals surface area contributed by atoms with Crippen molar-refractivity contribution >= 4 is 5.97 Å². The van der Waals surface area contributed by atoms with E-state index in [9.17, 15) is 9.18 Å². The monoisotopic (exact) mass is 265 g/mol. The van der Waals surface area contributed by atoms with E-state index < -0.39 is 0 Å². The molecular weight excluding hydrogens is 245 g/mol. The number of ether oxygens (including phenoxy) is 1. The highest BCUT2D eigenvalue weighted by Gasteiger charge is 2.24. The van der Waals surface area contributed by atoms with Gasteiger partial charge in [-0.3, -0.25) is 9.69 Å². The zero-order valence-electron chi connectivity index (χ0n) is 11.3. The Morgan fingerprint density at radius 2 is 1.95 bits per heavy atom. The summed E-state index contributed by atoms with van der Waals surface area (Å²) < 4.78 is 17.7. The van der Waals surface area contributed by atoms with Crippen molar-refractivity contribution in [2.75, 3.05) is 13.7 Å². The quantitative estimate of drug-likeness (QED) is 0.767. The van der Waals surface area contributed by atoms with Crippen molar-refractivity contribution in [2.24, 2.45) is 0 Å². The van der Waals surface area contributed by atoms with Gasteiger partial charge in [0.2, 0.25) is 0 Å². The average molecular weight is 265 g/mol. The van der Waals surface area contributed by atoms with Crippen LogP contribution in [0.2, 0.25) is 0 Å². The molecule has 1 aliphatic rings. The fraction of sp³-hybridized carbons (Fsp3) is 0.533. The summed E-state index contributed by atoms with van der Waals surface area (Å²) in [4.78, 5) is 13.6. The third-order valence-corrected chi connectivity index (χ3v) is 3.70. The molecule has 0 N–H and O–H groups in total. The minimum atomic E-state index is -0.232. The molecule has 1 aromatic rings. The van der Waals surface area contributed by atoms with Crippen LogP contribution in [0.5, 0.6) is 0 Å². The summed E-state index contributed by atoms with van der Waals surface area (Å²) >= 11 is 0. The van der Waals surface area contributed by atoms with Crippen LogP contribution in [0.4, 0.5) is 4.39 Å². The second-order valence-electron chi connectivity index (χ2n) is 5.05. The summed E-state index contributed by atoms with van der Waals surface area (Å²) in [5.74, 6) is -0.446. The van der Waals surface area contributed by atoms with Gasteiger partial charge in [-0.2, -0.15) is 0 Å². The van der Waals surface area contributed by atoms with Gasteiger partial charge in [-0.1, -0.05) is 25.0 Å². The Morgan fingerprint density at radius 3 is 2.53 bits per heavy atom. The molecule has 0 radical (unpaired) electrons. The Morgan fingerprint density at radius 1 is 1.32 bits per heavy atom. The van der Waals surface area contributed by atoms with E-state index in [4.69, 9.17) is 4.74 Å². The highest BCUT2D eigenvalue weighted by molar-refractivity contribution is 5.71. The Kier molecular flexibility index (Phi) is 4.91. The summed E-state index contributed by atoms with van der Waals surface area (Å²) in [6.45, 7) is 0.971. The largest absolute Gasteiger partial charge is 0.468 e. The van der Waals surface area contributed by atoms with E-state index in [1.807, 2.05) is 0 Å². The van der Waals surface area contributed by atoms with Gasteiger partial charge in [-0.15, -0.1) is 0 Å². The van der Waals surface area contributed by atoms with E-state index in [2.05, 4.69) is 4.90 Å². The minimum absolute atomic E-state index is 0.214. The minimum Gasteiger partial charge on any atom is -0.468 e. The van der Waals surface area contributed by atoms with Gasteiger partial charge in [0.25, 0.3) is 0 Å². The molecule has 2 rings (SSSR count). The zero-order valence-corrected chi connectivity index (χ0v) is 11.3. The molecule has 0 unspecified atom stereocenters. The molecule has 0 bridgehead atoms. The molecule has 19 heavy (non-hydrogen) atoms. The van der Waals surface area contributed by atoms with Crippen LogP contribution < -0.4 is 0 Å². The zero-order chi connectivity index (χ0) is 13.7. The van der Waals surface area contributed by atoms with Gasteiger partial charge < -0.3 is 4.74 Å². The number of halogens is 1. The van der Waals surface area contributed by atoms with Gasteiger partial charge in [-0.25, -0.2) is 4.39 Å². The fourth-order valence-corrected chi connectivity index (χ4v) is 2.64. The Bertz CT molecular complexity index is 413. The maximum Gasteiger partial charge on any atom is 0.319 e. The number of methoxy groups -OCH3 is 1. The van der Waals surface area contributed by atoms with Crippen LogP contribution in [0.25, 0.3) is 0 Å². The molecule has 1 fully saturated rings. The van der Waals surface area contributed by atoms with Crippen LogP contribution in [-0.4, -0.2) is 30.6 Å². The molecule has 0 amide bonds. The molecule has 0 spiro atoms. The van der Waals surface area contributed by atoms with Gasteiger partial charge in [-0.05, 0) is 30.5 Å². The van der Waals surface area contributed by atoms with Crippen molar-refractivity contribution < 1.29 is 13.9 Å². The van der Waals surface area contributed by atoms with E-state index in [1.54, 1.807) is 12.1 Å². The Hall–Kier alpha value is -1.42. The Balaban J connectivity index is 2.03. The second-order valence-corrected chi connectivity index (χ2v) is 5.05. The van der Waals surface area contributed by atoms with Crippen molar-refractivity contribution in [1.82, 2.24) is 4.90 Å². The molecule has 0 aliphatic heterocycles. The molecule has 4 heteroatoms. The first kappa shape index (κ1) is 14.0. The van der Waals surface area contributed by atoms with E-state index >= 15 is 0 Å². The van der Waals surface area contributed by atoms with Gasteiger partial charge in [0, 0.05) is 12.6 Å². The molecule has 0 atom stereocenters. The fourth-order valence-electron chi connectivity index (χ4n) is 2.64. The standard InChI is InChI=1S/C15H20FNO2/c1-19-15(18)11-17(14-4-2-3-5-14)10-12-6-8-13(16)9-7-12/h6-9,14H,2-5,10-11H2,1H3. The summed E-state index contributed by atoms with van der Waals surface area (Å²) in [7, 11) is 1.41. The first-order valence-electron chi connectivity index (χ1n) is 6.74. The predicted octanol–water partition coefficient (Wildman–Crippen LogP) is 2.74. The molecule has 0 saturated heterocycles. The van der Waals surface area contributed by atoms with Gasteiger partial charge in [0.15, 0.2) is 0 Å². The summed E-state index contributed by atoms with van der Waals surface area (Å²) in [5.41, 5.74) is 1.03. The lowest BCUT2D eigenvalue weighted by atomic mass is 10.1. The van der Waals surface area contributed by atoms with E-state index in [0.717, 1.165) is 18.4 Å². The number of esters is 1. The SMILES string of the molecule is COC(=O)CN(Cc1ccc(F)cc1)C1CCCC1. The van der Waals surface area contributed by atoms with E-state index in [0.29, 0.717) is 19.1 Å². The van der Waals surface area contributed by atoms with E-state index in [1.165, 1.54) is 32.1 Å². The van der Waals surface area contributed by atoms with Crippen molar-refractivity contribution in [3.8, 4) is 0 Å². The maximum atomic E-state index is 12.9. The van der Waals surface area contributed by atoms with Crippen LogP contribution in [0, 0.1) is 5.82 Å². The highest BCUT2D eigenvalue weighted by Crippen LogP contribution is 2.24. The van der Waals surface area contributed by atoms with E-state index in [-0.39, 0.29) is 11.8 Å². The molecule has 1 saturated carbocycles. The topological polar surface area (TPSA) is 29.5 Å². The maximum absolute atomic E-state index is 12.9. The van der Waals surface area contributed by atoms with Crippen molar-refractivity contribution in [1.29, 1.82) is 0 Å². The summed E-state index contributed by atoms with van der Waals surface area (Å²) in [5, 5.41) is 0. The summed E-state index contributed by atoms with van der Waals surface area (Å²) in [6.07, 6.45) is 4.67. The van der Waals surface area contributed by atoms with Gasteiger partial charge in [0.05, 0.1) is 13.7 Å². The van der Waals surface area contributed by atoms with Crippen molar-refractivity contribution in [3.63, 3.8) is 0 Å². The number of benzene rings is 1. The number of rotatable bonds is 5. The number of hydrogen-bond acceptors (Lipinski definition) is 3. The third kappa shape index (κ3) is 4.03. The Labute approximate surface area is 113 Å². The second kappa shape index (κ2) is 6.66. The van der Waals surface area contributed by atoms with Crippen LogP contribution in [0.3, 0.4) is 0 Å². The first-order valence-corrected chi connectivity index (χ1v) is 6.74. The number of carbonyl (C=O) groups is 1. The van der Waals surface area contributed by atoms with Crippen molar-refractivity contribution in [2.45, 2.75) is 38.3 Å². The van der Waals surface area contributed by atoms with Crippen LogP contribution in [0.15, 0.2) is 24.3 Å². The molecule has 104 valence electrons. The number of carbonyl (C=O) groups excluding carboxylic acids is 1. The smallest absolute Gasteiger partial charge is 0.319 e. The molecule has 1 aromatic carbocycles. The van der Waals surface area contributed by atoms with Gasteiger partial charge in [0.1, 0.15) is 5.82 Å². The third-order valence-electron chi connectivity index (χ3n) is 3.70. The molecule has 0 aromatic heterocycles. The first-order chi connectivity index (χ1) is 9.19. The highest BCUT2D eigenvalue weighted by atomic mass is 19.1. The van der Waals surface area contributed by atoms with Crippen LogP contribution in [-0.2, 0) is 16.1 Å². The van der Waals surface area contributed by atoms with Crippen LogP contribution >= 0.6 is 0 Å². The number of nitrogens with zero attached hydrogens (tertiary/aromatic N) is 1. The average Bonchev–Trinajstić information content (AvgIpc) is 2.94. The predicted molar refractivity (Wildman–Crippen MR) is 71.1 cm³/mol. The molecule has 1 aliphatic carbocycles. The molecule has 0 heterocycles. The summed E-state index contributed by atoms with van der Waals surface area (Å²) in [6, 6.07) is 6.90. The normalized spacial score (nSPS) is 15.9. The van der Waals surface area contributed by atoms with Gasteiger partial charge >= 0.3 is 5.97 Å². The lowest BCUT2D eigenvalue weighted by molar-refractivity contribution is -0.142. The lowest BCUT2D eigenvalue weighted by Gasteiger charge is -2.27.